The molecule has 0 bridgehead atoms. The average molecular weight is 358 g/mol. The molecule has 22 heavy (non-hydrogen) atoms. The number of ether oxygens (including phenoxy) is 1. The molecule has 0 fully saturated rings. The fraction of sp³-hybridized carbons (Fsp3) is 0.750. The molecular weight excluding hydrogens is 343 g/mol. The Bertz CT molecular complexity index is 204. The van der Waals surface area contributed by atoms with Gasteiger partial charge in [-0.2, -0.15) is 5.54 Å². The molecule has 14 heteroatoms. The Balaban J connectivity index is -0.000000103. The summed E-state index contributed by atoms with van der Waals surface area (Å²) in [5.41, 5.74) is 0.958. The zero-order chi connectivity index (χ0) is 18.8. The molecule has 0 unspecified atom stereocenters. The highest BCUT2D eigenvalue weighted by Gasteiger charge is 2.05. The third kappa shape index (κ3) is 42.9. The summed E-state index contributed by atoms with van der Waals surface area (Å²) < 4.78 is 80.2. The van der Waals surface area contributed by atoms with Gasteiger partial charge in [0.2, 0.25) is 11.8 Å². The van der Waals surface area contributed by atoms with Gasteiger partial charge in [-0.15, -0.1) is 4.48 Å². The van der Waals surface area contributed by atoms with E-state index in [1.165, 1.54) is 0 Å². The highest BCUT2D eigenvalue weighted by molar-refractivity contribution is 5.83. The third-order valence-electron chi connectivity index (χ3n) is 1.53. The van der Waals surface area contributed by atoms with Crippen LogP contribution in [0.3, 0.4) is 0 Å². The number of carbonyl (C=O) groups excluding carboxylic acids is 2. The van der Waals surface area contributed by atoms with Crippen LogP contribution in [0.25, 0.3) is 0 Å². The summed E-state index contributed by atoms with van der Waals surface area (Å²) in [6.07, 6.45) is 0.590. The van der Waals surface area contributed by atoms with Crippen molar-refractivity contribution in [3.8, 4) is 0 Å². The highest BCUT2D eigenvalue weighted by atomic mass is 20.0. The summed E-state index contributed by atoms with van der Waals surface area (Å²) in [6.45, 7) is 1.08. The molecule has 0 aromatic carbocycles. The molecule has 0 aliphatic carbocycles. The number of hydrogen-bond donors (Lipinski definition) is 2. The summed E-state index contributed by atoms with van der Waals surface area (Å²) >= 11 is 0. The summed E-state index contributed by atoms with van der Waals surface area (Å²) in [7, 11) is 1.58. The fourth-order valence-corrected chi connectivity index (χ4v) is 0.807. The van der Waals surface area contributed by atoms with Gasteiger partial charge in [-0.1, -0.05) is 0 Å². The molecular formula is C8H15F9N2O3. The van der Waals surface area contributed by atoms with Crippen LogP contribution in [0.15, 0.2) is 0 Å². The number of nitrogens with one attached hydrogen (secondary N) is 2. The van der Waals surface area contributed by atoms with Crippen molar-refractivity contribution >= 4 is 11.8 Å². The highest BCUT2D eigenvalue weighted by Crippen LogP contribution is 1.89. The minimum absolute atomic E-state index is 0.00271. The summed E-state index contributed by atoms with van der Waals surface area (Å²) in [5, 5.41) is 2.58. The molecule has 2 amide bonds. The van der Waals surface area contributed by atoms with Gasteiger partial charge in [-0.3, -0.25) is 9.59 Å². The van der Waals surface area contributed by atoms with Crippen LogP contribution in [0.5, 0.6) is 0 Å². The second-order valence-corrected chi connectivity index (χ2v) is 2.71. The van der Waals surface area contributed by atoms with Crippen molar-refractivity contribution in [1.29, 1.82) is 0 Å². The first kappa shape index (κ1) is 32.3. The van der Waals surface area contributed by atoms with E-state index >= 15 is 0 Å². The van der Waals surface area contributed by atoms with Crippen LogP contribution < -0.4 is 10.9 Å². The minimum atomic E-state index is -0.781. The summed E-state index contributed by atoms with van der Waals surface area (Å²) in [6, 6.07) is 0. The maximum Gasteiger partial charge on any atom is 0.248 e. The molecule has 5 nitrogen and oxygen atoms in total. The van der Waals surface area contributed by atoms with Gasteiger partial charge in [0.15, 0.2) is 0 Å². The van der Waals surface area contributed by atoms with E-state index in [2.05, 4.69) is 5.32 Å². The van der Waals surface area contributed by atoms with Crippen LogP contribution in [0, 0.1) is 0 Å². The first-order valence-corrected chi connectivity index (χ1v) is 4.93. The number of rotatable bonds is 7. The van der Waals surface area contributed by atoms with Gasteiger partial charge in [-0.05, 0) is 6.42 Å². The van der Waals surface area contributed by atoms with Crippen LogP contribution in [0.1, 0.15) is 19.3 Å². The van der Waals surface area contributed by atoms with Crippen molar-refractivity contribution in [3.63, 3.8) is 0 Å². The minimum Gasteiger partial charge on any atom is -0.385 e. The molecule has 0 spiro atoms. The lowest BCUT2D eigenvalue weighted by atomic mass is 10.3. The van der Waals surface area contributed by atoms with E-state index in [9.17, 15) is 14.1 Å². The number of halogens is 9. The summed E-state index contributed by atoms with van der Waals surface area (Å²) in [4.78, 5) is 21.4. The van der Waals surface area contributed by atoms with Crippen LogP contribution in [0.2, 0.25) is 0 Å². The van der Waals surface area contributed by atoms with Crippen molar-refractivity contribution in [3.05, 3.63) is 0 Å². The molecule has 0 aliphatic rings. The first-order valence-electron chi connectivity index (χ1n) is 4.93. The maximum absolute atomic E-state index is 11.4. The van der Waals surface area contributed by atoms with E-state index in [4.69, 9.17) is 41.3 Å². The second kappa shape index (κ2) is 42.7. The van der Waals surface area contributed by atoms with E-state index in [0.717, 1.165) is 12.0 Å². The molecule has 0 saturated carbocycles. The quantitative estimate of drug-likeness (QED) is 0.417. The number of amides is 2. The van der Waals surface area contributed by atoms with Gasteiger partial charge in [0.1, 0.15) is 0 Å². The number of hydrogen-bond acceptors (Lipinski definition) is 3. The van der Waals surface area contributed by atoms with Gasteiger partial charge >= 0.3 is 0 Å². The molecule has 0 aliphatic heterocycles. The van der Waals surface area contributed by atoms with E-state index < -0.39 is 5.91 Å². The molecule has 0 heterocycles. The largest absolute Gasteiger partial charge is 0.385 e. The lowest BCUT2D eigenvalue weighted by Gasteiger charge is -2.03. The second-order valence-electron chi connectivity index (χ2n) is 2.71. The average Bonchev–Trinajstić information content (AvgIpc) is 2.63. The van der Waals surface area contributed by atoms with Crippen LogP contribution in [0.4, 0.5) is 41.1 Å². The Kier molecular flexibility index (Phi) is 62.7. The molecule has 0 rings (SSSR count). The molecule has 0 radical (unpaired) electrons. The smallest absolute Gasteiger partial charge is 0.248 e. The topological polar surface area (TPSA) is 67.4 Å². The molecule has 0 atom stereocenters. The van der Waals surface area contributed by atoms with Crippen LogP contribution in [-0.4, -0.2) is 32.1 Å². The molecule has 138 valence electrons. The van der Waals surface area contributed by atoms with Crippen molar-refractivity contribution < 1.29 is 55.4 Å². The zero-order valence-corrected chi connectivity index (χ0v) is 11.2. The maximum atomic E-state index is 11.4. The Morgan fingerprint density at radius 2 is 1.27 bits per heavy atom. The van der Waals surface area contributed by atoms with E-state index in [0.29, 0.717) is 13.2 Å². The molecule has 0 saturated heterocycles. The molecule has 0 aromatic heterocycles. The fourth-order valence-electron chi connectivity index (χ4n) is 0.807. The van der Waals surface area contributed by atoms with Gasteiger partial charge in [0.05, 0.1) is 0 Å². The van der Waals surface area contributed by atoms with Crippen molar-refractivity contribution in [2.45, 2.75) is 19.3 Å². The van der Waals surface area contributed by atoms with Gasteiger partial charge in [0.25, 0.3) is 0 Å². The van der Waals surface area contributed by atoms with Crippen molar-refractivity contribution in [1.82, 2.24) is 10.9 Å². The monoisotopic (exact) mass is 358 g/mol. The van der Waals surface area contributed by atoms with Gasteiger partial charge < -0.3 is 10.1 Å². The van der Waals surface area contributed by atoms with Crippen molar-refractivity contribution in [2.75, 3.05) is 20.3 Å². The number of methoxy groups -OCH3 is 1. The zero-order valence-electron chi connectivity index (χ0n) is 11.2. The van der Waals surface area contributed by atoms with E-state index in [-0.39, 0.29) is 18.7 Å². The van der Waals surface area contributed by atoms with E-state index in [1.54, 1.807) is 7.11 Å². The van der Waals surface area contributed by atoms with Gasteiger partial charge in [-0.25, -0.2) is 0 Å². The van der Waals surface area contributed by atoms with Crippen LogP contribution in [-0.2, 0) is 14.3 Å². The molecule has 0 aromatic rings. The van der Waals surface area contributed by atoms with Gasteiger partial charge in [0, 0.05) is 69.7 Å². The lowest BCUT2D eigenvalue weighted by Crippen LogP contribution is -2.26. The Morgan fingerprint density at radius 1 is 0.864 bits per heavy atom. The Labute approximate surface area is 119 Å². The van der Waals surface area contributed by atoms with E-state index in [1.807, 2.05) is 0 Å². The predicted octanol–water partition coefficient (Wildman–Crippen LogP) is 3.28. The first-order chi connectivity index (χ1) is 10.7. The Morgan fingerprint density at radius 3 is 1.64 bits per heavy atom. The van der Waals surface area contributed by atoms with Crippen LogP contribution >= 0.6 is 0 Å². The standard InChI is InChI=1S/C8H15FN2O3.4F2/c1-14-6-2-5-10-7(12)3-4-8(13)11-9;4*1-2/h2-6H2,1H3,(H,10,12)(H,11,13);;;;. The Hall–Kier alpha value is -1.73. The lowest BCUT2D eigenvalue weighted by molar-refractivity contribution is -0.128. The normalized spacial score (nSPS) is 7.18. The molecule has 2 N–H and O–H groups in total. The summed E-state index contributed by atoms with van der Waals surface area (Å²) in [5.74, 6) is -1.04. The number of carbonyl (C=O) groups is 2. The predicted molar refractivity (Wildman–Crippen MR) is 56.9 cm³/mol. The SMILES string of the molecule is COCCCNC(=O)CCC(=O)NF.FF.FF.FF.FF. The third-order valence-corrected chi connectivity index (χ3v) is 1.53. The van der Waals surface area contributed by atoms with Crippen molar-refractivity contribution in [2.24, 2.45) is 0 Å².